The van der Waals surface area contributed by atoms with Gasteiger partial charge < -0.3 is 49.3 Å². The number of hydrogen-bond acceptors (Lipinski definition) is 15. The van der Waals surface area contributed by atoms with Crippen LogP contribution in [0.2, 0.25) is 10.0 Å². The van der Waals surface area contributed by atoms with E-state index in [1.54, 1.807) is 48.5 Å². The minimum atomic E-state index is -3.22. The van der Waals surface area contributed by atoms with Gasteiger partial charge in [-0.05, 0) is 253 Å². The van der Waals surface area contributed by atoms with E-state index < -0.39 is 23.1 Å². The van der Waals surface area contributed by atoms with E-state index in [9.17, 15) is 18.9 Å². The summed E-state index contributed by atoms with van der Waals surface area (Å²) in [5, 5.41) is 37.1. The molecule has 0 aliphatic carbocycles. The maximum atomic E-state index is 11.0. The lowest BCUT2D eigenvalue weighted by Crippen LogP contribution is -2.02. The molecule has 664 valence electrons. The van der Waals surface area contributed by atoms with Crippen molar-refractivity contribution in [2.24, 2.45) is 0 Å². The molecule has 0 radical (unpaired) electrons. The highest BCUT2D eigenvalue weighted by atomic mass is 79.9. The number of aryl methyl sites for hydroxylation is 2. The summed E-state index contributed by atoms with van der Waals surface area (Å²) in [5.41, 5.74) is 48.8. The second-order valence-corrected chi connectivity index (χ2v) is 39.8. The number of carboxylic acids is 3. The average molecular weight is 2120 g/mol. The molecule has 0 bridgehead atoms. The van der Waals surface area contributed by atoms with Crippen molar-refractivity contribution in [2.75, 3.05) is 34.0 Å². The van der Waals surface area contributed by atoms with Crippen LogP contribution in [0.5, 0.6) is 0 Å². The molecule has 0 spiro atoms. The van der Waals surface area contributed by atoms with Crippen LogP contribution in [0.15, 0.2) is 346 Å². The van der Waals surface area contributed by atoms with Gasteiger partial charge in [0, 0.05) is 89.5 Å². The molecular formula is C103H87Br4Cl5N11O7P. The van der Waals surface area contributed by atoms with E-state index in [-0.39, 0.29) is 22.6 Å². The van der Waals surface area contributed by atoms with E-state index in [2.05, 4.69) is 178 Å². The fourth-order valence-corrected chi connectivity index (χ4v) is 15.1. The number of nitrogen functional groups attached to an aromatic ring is 5. The molecule has 0 aliphatic rings. The predicted octanol–water partition coefficient (Wildman–Crippen LogP) is 31.4. The molecule has 0 saturated heterocycles. The number of aromatic nitrogens is 5. The zero-order chi connectivity index (χ0) is 94.4. The fraction of sp³-hybridized carbons (Fsp3) is 0.0680. The van der Waals surface area contributed by atoms with Crippen LogP contribution in [0, 0.1) is 0 Å². The number of fused-ring (bicyclic) bond motifs is 10. The molecule has 18 nitrogen and oxygen atoms in total. The summed E-state index contributed by atoms with van der Waals surface area (Å²) in [5.74, 6) is -2.73. The van der Waals surface area contributed by atoms with Crippen LogP contribution in [-0.2, 0) is 22.2 Å². The first-order chi connectivity index (χ1) is 62.8. The molecule has 0 aliphatic heterocycles. The van der Waals surface area contributed by atoms with Gasteiger partial charge in [-0.2, -0.15) is 0 Å². The Bertz CT molecular complexity index is 7250. The Kier molecular flexibility index (Phi) is 37.8. The third-order valence-electron chi connectivity index (χ3n) is 19.4. The molecule has 0 saturated carbocycles. The van der Waals surface area contributed by atoms with Crippen LogP contribution in [0.25, 0.3) is 115 Å². The molecule has 14 aromatic carbocycles. The predicted molar refractivity (Wildman–Crippen MR) is 568 cm³/mol. The topological polar surface area (TPSA) is 336 Å². The summed E-state index contributed by atoms with van der Waals surface area (Å²) in [6, 6.07) is 98.0. The third-order valence-corrected chi connectivity index (χ3v) is 22.1. The number of halogens is 9. The van der Waals surface area contributed by atoms with Crippen LogP contribution in [0.4, 0.5) is 39.8 Å². The normalized spacial score (nSPS) is 10.6. The third kappa shape index (κ3) is 29.1. The van der Waals surface area contributed by atoms with Crippen LogP contribution < -0.4 is 34.0 Å². The molecule has 14 N–H and O–H groups in total. The number of anilines is 7. The summed E-state index contributed by atoms with van der Waals surface area (Å²) in [4.78, 5) is 55.0. The van der Waals surface area contributed by atoms with E-state index in [1.165, 1.54) is 11.6 Å². The SMILES string of the molecule is C/C=C/c1ccc2nc3ccccc3c(N)c2c1.C=CC.CCCc1ccc2nc3ccccc3c(N)c2c1.Clc1c2ccccc2nc2ccc(Br)cc12.Nc1c2ccccc2nc2ccc(Br)cc12.Nc1c2ccccc2nc2ccc(CCC(=O)O)cc12.Nc1ccc(Br)cc1.O=C(O)c1ccccc1Cl.O=C(O)c1ccccc1Nc1ccc(Br)cc1.O=P(Cl)(Cl)Cl. The largest absolute Gasteiger partial charge is 0.481 e. The van der Waals surface area contributed by atoms with E-state index in [0.717, 1.165) is 184 Å². The average Bonchev–Trinajstić information content (AvgIpc) is 0.799. The van der Waals surface area contributed by atoms with Gasteiger partial charge >= 0.3 is 23.1 Å². The summed E-state index contributed by atoms with van der Waals surface area (Å²) in [6.45, 7) is 9.44. The Labute approximate surface area is 814 Å². The number of nitrogens with two attached hydrogens (primary N) is 5. The minimum absolute atomic E-state index is 0.117. The molecular weight excluding hydrogens is 2030 g/mol. The molecule has 0 amide bonds. The minimum Gasteiger partial charge on any atom is -0.481 e. The van der Waals surface area contributed by atoms with Gasteiger partial charge in [0.2, 0.25) is 0 Å². The molecule has 0 atom stereocenters. The molecule has 19 rings (SSSR count). The van der Waals surface area contributed by atoms with Crippen LogP contribution in [0.3, 0.4) is 0 Å². The second kappa shape index (κ2) is 49.1. The van der Waals surface area contributed by atoms with Gasteiger partial charge in [0.25, 0.3) is 0 Å². The number of carbonyl (C=O) groups is 3. The Hall–Kier alpha value is -12.3. The van der Waals surface area contributed by atoms with Crippen molar-refractivity contribution in [3.63, 3.8) is 0 Å². The monoisotopic (exact) mass is 2110 g/mol. The Morgan fingerprint density at radius 2 is 0.710 bits per heavy atom. The summed E-state index contributed by atoms with van der Waals surface area (Å²) >= 11 is 39.3. The van der Waals surface area contributed by atoms with Crippen LogP contribution in [-0.4, -0.2) is 58.1 Å². The number of benzene rings is 14. The van der Waals surface area contributed by atoms with Crippen LogP contribution >= 0.6 is 126 Å². The molecule has 5 aromatic heterocycles. The van der Waals surface area contributed by atoms with Crippen molar-refractivity contribution in [1.82, 2.24) is 24.9 Å². The molecule has 0 unspecified atom stereocenters. The number of aromatic carboxylic acids is 2. The Balaban J connectivity index is 0.000000155. The van der Waals surface area contributed by atoms with Gasteiger partial charge in [0.05, 0.1) is 105 Å². The first kappa shape index (κ1) is 101. The molecule has 0 fully saturated rings. The van der Waals surface area contributed by atoms with Crippen molar-refractivity contribution in [1.29, 1.82) is 0 Å². The molecule has 19 aromatic rings. The molecule has 5 heterocycles. The van der Waals surface area contributed by atoms with Crippen molar-refractivity contribution in [3.8, 4) is 0 Å². The zero-order valence-corrected chi connectivity index (χ0v) is 81.7. The van der Waals surface area contributed by atoms with Gasteiger partial charge in [0.1, 0.15) is 0 Å². The summed E-state index contributed by atoms with van der Waals surface area (Å²) in [7, 11) is 0. The standard InChI is InChI=1S/C16H14N2O2.C16H16N2.C16H14N2.C13H7BrClN.C13H9BrN2.C13H10BrNO2.C7H5ClO2.C6H6BrN.C3H6.Cl3OP/c17-16-11-3-1-2-4-13(11)18-14-7-5-10(9-12(14)16)6-8-15(19)20;2*1-2-5-11-8-9-15-13(10-11)16(17)12-6-3-4-7-14(12)18-15;2*14-8-5-6-12-10(7-8)13(15)9-3-1-2-4-11(9)16-12;14-9-5-7-10(8-6-9)15-12-4-2-1-3-11(12)13(16)17;8-6-4-2-1-3-5(6)7(9)10;7-5-1-3-6(8)4-2-5;1-3-2;1-5(2,3)4/h1-5,7,9H,6,8H2,(H2,17,18)(H,19,20);3-4,6-10H,2,5H2,1H3,(H2,17,18);2-10H,1H3,(H2,17,18);1-7H;1-7H,(H2,15,16);1-8,15H,(H,16,17);1-4H,(H,9,10);1-4H,8H2;3H,1H2,2H3;/b;;5-2+;;;;;;;. The number of para-hydroxylation sites is 6. The van der Waals surface area contributed by atoms with Crippen LogP contribution in [0.1, 0.15) is 71.0 Å². The smallest absolute Gasteiger partial charge is 0.339 e. The quantitative estimate of drug-likeness (QED) is 0.0266. The first-order valence-electron chi connectivity index (χ1n) is 40.4. The van der Waals surface area contributed by atoms with Gasteiger partial charge in [-0.3, -0.25) is 9.36 Å². The number of nitrogens with one attached hydrogen (secondary N) is 1. The van der Waals surface area contributed by atoms with Gasteiger partial charge in [-0.15, -0.1) is 6.58 Å². The molecule has 28 heteroatoms. The van der Waals surface area contributed by atoms with Crippen molar-refractivity contribution in [3.05, 3.63) is 384 Å². The molecule has 131 heavy (non-hydrogen) atoms. The van der Waals surface area contributed by atoms with E-state index in [4.69, 9.17) is 67.2 Å². The van der Waals surface area contributed by atoms with Gasteiger partial charge in [-0.1, -0.05) is 252 Å². The van der Waals surface area contributed by atoms with Crippen molar-refractivity contribution >= 4 is 299 Å². The maximum absolute atomic E-state index is 11.0. The van der Waals surface area contributed by atoms with Gasteiger partial charge in [0.15, 0.2) is 0 Å². The highest BCUT2D eigenvalue weighted by Crippen LogP contribution is 2.61. The number of hydrogen-bond donors (Lipinski definition) is 9. The lowest BCUT2D eigenvalue weighted by Gasteiger charge is -2.09. The number of allylic oxidation sites excluding steroid dienone is 2. The lowest BCUT2D eigenvalue weighted by atomic mass is 10.0. The zero-order valence-electron chi connectivity index (χ0n) is 70.7. The van der Waals surface area contributed by atoms with E-state index in [1.807, 2.05) is 250 Å². The second-order valence-electron chi connectivity index (χ2n) is 28.7. The summed E-state index contributed by atoms with van der Waals surface area (Å²) in [6.07, 6.45) is 8.68. The number of aliphatic carboxylic acids is 1. The van der Waals surface area contributed by atoms with Gasteiger partial charge in [-0.25, -0.2) is 34.5 Å². The number of nitrogens with zero attached hydrogens (tertiary/aromatic N) is 5. The van der Waals surface area contributed by atoms with Crippen molar-refractivity contribution in [2.45, 2.75) is 46.5 Å². The Morgan fingerprint density at radius 1 is 0.389 bits per heavy atom. The first-order valence-corrected chi connectivity index (χ1v) is 48.7. The lowest BCUT2D eigenvalue weighted by molar-refractivity contribution is -0.137. The highest BCUT2D eigenvalue weighted by Gasteiger charge is 2.15. The van der Waals surface area contributed by atoms with Crippen molar-refractivity contribution < 1.29 is 34.3 Å². The van der Waals surface area contributed by atoms with E-state index >= 15 is 0 Å². The Morgan fingerprint density at radius 3 is 1.11 bits per heavy atom. The van der Waals surface area contributed by atoms with E-state index in [0.29, 0.717) is 17.8 Å². The highest BCUT2D eigenvalue weighted by molar-refractivity contribution is 9.11. The number of carboxylic acid groups (broad SMARTS) is 3. The summed E-state index contributed by atoms with van der Waals surface area (Å²) < 4.78 is 13.6. The number of rotatable bonds is 10. The fourth-order valence-electron chi connectivity index (χ4n) is 13.3. The maximum Gasteiger partial charge on any atom is 0.339 e. The number of pyridine rings is 5.